The van der Waals surface area contributed by atoms with Gasteiger partial charge < -0.3 is 14.6 Å². The molecule has 9 heteroatoms. The van der Waals surface area contributed by atoms with Crippen molar-refractivity contribution in [3.05, 3.63) is 33.7 Å². The Morgan fingerprint density at radius 2 is 2.08 bits per heavy atom. The third-order valence-corrected chi connectivity index (χ3v) is 5.51. The standard InChI is InChI=1S/C16H25N3O5S/c1-11(2)14-6-5-13(16(21)18(14)3)15(20)17-9-12-10-19(7-8-24-12)25(4,22)23/h5-6,11-12H,7-10H2,1-4H3,(H,17,20)/t12-/m0/s1. The van der Waals surface area contributed by atoms with Crippen LogP contribution in [0.1, 0.15) is 35.8 Å². The number of amides is 1. The third kappa shape index (κ3) is 4.68. The maximum Gasteiger partial charge on any atom is 0.263 e. The normalized spacial score (nSPS) is 19.2. The Kier molecular flexibility index (Phi) is 6.02. The zero-order valence-corrected chi connectivity index (χ0v) is 15.8. The van der Waals surface area contributed by atoms with Gasteiger partial charge in [0, 0.05) is 32.4 Å². The maximum absolute atomic E-state index is 12.4. The van der Waals surface area contributed by atoms with Crippen molar-refractivity contribution in [2.24, 2.45) is 7.05 Å². The van der Waals surface area contributed by atoms with Gasteiger partial charge in [-0.2, -0.15) is 4.31 Å². The molecule has 1 aromatic heterocycles. The molecule has 0 radical (unpaired) electrons. The molecule has 140 valence electrons. The first-order valence-electron chi connectivity index (χ1n) is 8.16. The molecule has 0 aliphatic carbocycles. The highest BCUT2D eigenvalue weighted by Crippen LogP contribution is 2.12. The maximum atomic E-state index is 12.4. The smallest absolute Gasteiger partial charge is 0.263 e. The monoisotopic (exact) mass is 371 g/mol. The Morgan fingerprint density at radius 1 is 1.40 bits per heavy atom. The fraction of sp³-hybridized carbons (Fsp3) is 0.625. The van der Waals surface area contributed by atoms with Crippen LogP contribution >= 0.6 is 0 Å². The zero-order valence-electron chi connectivity index (χ0n) is 15.0. The molecule has 1 amide bonds. The number of nitrogens with zero attached hydrogens (tertiary/aromatic N) is 2. The lowest BCUT2D eigenvalue weighted by Crippen LogP contribution is -2.49. The average molecular weight is 371 g/mol. The summed E-state index contributed by atoms with van der Waals surface area (Å²) in [7, 11) is -1.65. The molecule has 1 saturated heterocycles. The third-order valence-electron chi connectivity index (χ3n) is 4.24. The minimum absolute atomic E-state index is 0.0580. The first-order valence-corrected chi connectivity index (χ1v) is 10.0. The van der Waals surface area contributed by atoms with Crippen LogP contribution in [0.3, 0.4) is 0 Å². The van der Waals surface area contributed by atoms with E-state index in [-0.39, 0.29) is 36.7 Å². The minimum Gasteiger partial charge on any atom is -0.374 e. The number of rotatable bonds is 5. The highest BCUT2D eigenvalue weighted by Gasteiger charge is 2.27. The Bertz CT molecular complexity index is 800. The zero-order chi connectivity index (χ0) is 18.8. The van der Waals surface area contributed by atoms with E-state index in [2.05, 4.69) is 5.32 Å². The molecule has 0 spiro atoms. The van der Waals surface area contributed by atoms with Crippen molar-refractivity contribution in [1.29, 1.82) is 0 Å². The summed E-state index contributed by atoms with van der Waals surface area (Å²) in [5, 5.41) is 2.66. The van der Waals surface area contributed by atoms with Crippen LogP contribution in [0.2, 0.25) is 0 Å². The molecule has 8 nitrogen and oxygen atoms in total. The first-order chi connectivity index (χ1) is 11.6. The predicted molar refractivity (Wildman–Crippen MR) is 94.3 cm³/mol. The Morgan fingerprint density at radius 3 is 2.68 bits per heavy atom. The van der Waals surface area contributed by atoms with Gasteiger partial charge in [-0.25, -0.2) is 8.42 Å². The SMILES string of the molecule is CC(C)c1ccc(C(=O)NC[C@H]2CN(S(C)(=O)=O)CCO2)c(=O)n1C. The molecule has 1 atom stereocenters. The molecule has 25 heavy (non-hydrogen) atoms. The molecule has 2 rings (SSSR count). The lowest BCUT2D eigenvalue weighted by molar-refractivity contribution is 0.000427. The van der Waals surface area contributed by atoms with Gasteiger partial charge in [0.15, 0.2) is 0 Å². The number of hydrogen-bond donors (Lipinski definition) is 1. The number of sulfonamides is 1. The Labute approximate surface area is 147 Å². The highest BCUT2D eigenvalue weighted by molar-refractivity contribution is 7.88. The molecule has 1 aliphatic heterocycles. The van der Waals surface area contributed by atoms with Crippen LogP contribution in [0, 0.1) is 0 Å². The van der Waals surface area contributed by atoms with E-state index in [1.54, 1.807) is 13.1 Å². The number of morpholine rings is 1. The van der Waals surface area contributed by atoms with Gasteiger partial charge >= 0.3 is 0 Å². The van der Waals surface area contributed by atoms with Gasteiger partial charge in [0.05, 0.1) is 19.0 Å². The van der Waals surface area contributed by atoms with E-state index in [1.165, 1.54) is 14.9 Å². The van der Waals surface area contributed by atoms with Crippen molar-refractivity contribution >= 4 is 15.9 Å². The van der Waals surface area contributed by atoms with Gasteiger partial charge in [-0.1, -0.05) is 13.8 Å². The molecule has 0 saturated carbocycles. The summed E-state index contributed by atoms with van der Waals surface area (Å²) in [5.41, 5.74) is 0.551. The molecule has 0 bridgehead atoms. The van der Waals surface area contributed by atoms with E-state index in [1.807, 2.05) is 13.8 Å². The van der Waals surface area contributed by atoms with E-state index < -0.39 is 22.0 Å². The van der Waals surface area contributed by atoms with Crippen LogP contribution in [0.25, 0.3) is 0 Å². The number of aromatic nitrogens is 1. The second kappa shape index (κ2) is 7.67. The molecule has 1 aliphatic rings. The Balaban J connectivity index is 2.04. The summed E-state index contributed by atoms with van der Waals surface area (Å²) in [4.78, 5) is 24.7. The van der Waals surface area contributed by atoms with Gasteiger partial charge in [0.2, 0.25) is 10.0 Å². The van der Waals surface area contributed by atoms with Crippen LogP contribution in [0.5, 0.6) is 0 Å². The second-order valence-corrected chi connectivity index (χ2v) is 8.50. The van der Waals surface area contributed by atoms with E-state index in [4.69, 9.17) is 4.74 Å². The topological polar surface area (TPSA) is 97.7 Å². The summed E-state index contributed by atoms with van der Waals surface area (Å²) < 4.78 is 31.5. The van der Waals surface area contributed by atoms with Crippen LogP contribution in [-0.4, -0.2) is 61.8 Å². The number of ether oxygens (including phenoxy) is 1. The molecule has 0 unspecified atom stereocenters. The number of carbonyl (C=O) groups excluding carboxylic acids is 1. The van der Waals surface area contributed by atoms with E-state index in [0.717, 1.165) is 11.9 Å². The summed E-state index contributed by atoms with van der Waals surface area (Å²) in [5.74, 6) is -0.316. The Hall–Kier alpha value is -1.71. The summed E-state index contributed by atoms with van der Waals surface area (Å²) in [6.45, 7) is 4.85. The summed E-state index contributed by atoms with van der Waals surface area (Å²) >= 11 is 0. The predicted octanol–water partition coefficient (Wildman–Crippen LogP) is -0.101. The van der Waals surface area contributed by atoms with Gasteiger partial charge in [0.1, 0.15) is 5.56 Å². The number of nitrogens with one attached hydrogen (secondary N) is 1. The van der Waals surface area contributed by atoms with Crippen LogP contribution in [0.15, 0.2) is 16.9 Å². The van der Waals surface area contributed by atoms with Crippen molar-refractivity contribution < 1.29 is 17.9 Å². The summed E-state index contributed by atoms with van der Waals surface area (Å²) in [6.07, 6.45) is 0.708. The van der Waals surface area contributed by atoms with Crippen molar-refractivity contribution in [2.45, 2.75) is 25.9 Å². The largest absolute Gasteiger partial charge is 0.374 e. The van der Waals surface area contributed by atoms with E-state index in [9.17, 15) is 18.0 Å². The fourth-order valence-corrected chi connectivity index (χ4v) is 3.66. The van der Waals surface area contributed by atoms with Crippen molar-refractivity contribution in [3.8, 4) is 0 Å². The van der Waals surface area contributed by atoms with Gasteiger partial charge in [0.25, 0.3) is 11.5 Å². The molecule has 0 aromatic carbocycles. The molecule has 1 aromatic rings. The van der Waals surface area contributed by atoms with Crippen molar-refractivity contribution in [1.82, 2.24) is 14.2 Å². The molecule has 1 N–H and O–H groups in total. The molecular weight excluding hydrogens is 346 g/mol. The van der Waals surface area contributed by atoms with Crippen molar-refractivity contribution in [2.75, 3.05) is 32.5 Å². The van der Waals surface area contributed by atoms with E-state index in [0.29, 0.717) is 6.54 Å². The van der Waals surface area contributed by atoms with Gasteiger partial charge in [-0.3, -0.25) is 9.59 Å². The lowest BCUT2D eigenvalue weighted by Gasteiger charge is -2.31. The van der Waals surface area contributed by atoms with Gasteiger partial charge in [-0.15, -0.1) is 0 Å². The molecular formula is C16H25N3O5S. The molecule has 1 fully saturated rings. The number of carbonyl (C=O) groups is 1. The minimum atomic E-state index is -3.29. The van der Waals surface area contributed by atoms with Crippen LogP contribution in [-0.2, 0) is 21.8 Å². The summed E-state index contributed by atoms with van der Waals surface area (Å²) in [6, 6.07) is 3.29. The lowest BCUT2D eigenvalue weighted by atomic mass is 10.1. The quantitative estimate of drug-likeness (QED) is 0.779. The number of hydrogen-bond acceptors (Lipinski definition) is 5. The van der Waals surface area contributed by atoms with Crippen molar-refractivity contribution in [3.63, 3.8) is 0 Å². The van der Waals surface area contributed by atoms with Crippen LogP contribution in [0.4, 0.5) is 0 Å². The van der Waals surface area contributed by atoms with Crippen LogP contribution < -0.4 is 10.9 Å². The number of pyridine rings is 1. The second-order valence-electron chi connectivity index (χ2n) is 6.51. The van der Waals surface area contributed by atoms with E-state index >= 15 is 0 Å². The first kappa shape index (κ1) is 19.6. The fourth-order valence-electron chi connectivity index (χ4n) is 2.82. The van der Waals surface area contributed by atoms with Gasteiger partial charge in [-0.05, 0) is 18.1 Å². The average Bonchev–Trinajstić information content (AvgIpc) is 2.54. The molecule has 2 heterocycles. The highest BCUT2D eigenvalue weighted by atomic mass is 32.2.